The lowest BCUT2D eigenvalue weighted by Gasteiger charge is -2.22. The SMILES string of the molecule is CCCCC(C)(O)C/C=C/[C@H]1[C@H](O)CC(=O)[C@@H]1C/C=C\C=C\CC(=O)OC. The van der Waals surface area contributed by atoms with Gasteiger partial charge in [0.05, 0.1) is 25.2 Å². The van der Waals surface area contributed by atoms with Crippen molar-refractivity contribution < 1.29 is 24.5 Å². The molecule has 1 rings (SSSR count). The highest BCUT2D eigenvalue weighted by Gasteiger charge is 2.39. The Morgan fingerprint density at radius 2 is 2.00 bits per heavy atom. The molecule has 0 amide bonds. The Labute approximate surface area is 162 Å². The molecule has 1 unspecified atom stereocenters. The van der Waals surface area contributed by atoms with Crippen molar-refractivity contribution in [2.24, 2.45) is 11.8 Å². The van der Waals surface area contributed by atoms with Gasteiger partial charge in [0.2, 0.25) is 0 Å². The van der Waals surface area contributed by atoms with Crippen LogP contribution in [0.15, 0.2) is 36.5 Å². The van der Waals surface area contributed by atoms with Crippen LogP contribution in [0.25, 0.3) is 0 Å². The van der Waals surface area contributed by atoms with Crippen molar-refractivity contribution in [2.75, 3.05) is 7.11 Å². The molecule has 5 nitrogen and oxygen atoms in total. The molecule has 4 atom stereocenters. The molecule has 1 fully saturated rings. The van der Waals surface area contributed by atoms with Crippen LogP contribution in [0.4, 0.5) is 0 Å². The number of rotatable bonds is 11. The van der Waals surface area contributed by atoms with E-state index in [-0.39, 0.29) is 36.4 Å². The van der Waals surface area contributed by atoms with Gasteiger partial charge >= 0.3 is 5.97 Å². The minimum absolute atomic E-state index is 0.0677. The van der Waals surface area contributed by atoms with Crippen molar-refractivity contribution in [2.45, 2.75) is 70.5 Å². The second-order valence-corrected chi connectivity index (χ2v) is 7.53. The van der Waals surface area contributed by atoms with E-state index in [0.717, 1.165) is 19.3 Å². The predicted molar refractivity (Wildman–Crippen MR) is 106 cm³/mol. The molecule has 1 aliphatic carbocycles. The highest BCUT2D eigenvalue weighted by atomic mass is 16.5. The molecule has 0 aromatic heterocycles. The van der Waals surface area contributed by atoms with Gasteiger partial charge in [0, 0.05) is 18.3 Å². The predicted octanol–water partition coefficient (Wildman–Crippen LogP) is 3.51. The molecule has 0 radical (unpaired) electrons. The van der Waals surface area contributed by atoms with Gasteiger partial charge in [0.1, 0.15) is 5.78 Å². The second-order valence-electron chi connectivity index (χ2n) is 7.53. The molecular weight excluding hydrogens is 344 g/mol. The molecule has 0 bridgehead atoms. The van der Waals surface area contributed by atoms with Crippen molar-refractivity contribution in [1.29, 1.82) is 0 Å². The summed E-state index contributed by atoms with van der Waals surface area (Å²) in [4.78, 5) is 23.2. The topological polar surface area (TPSA) is 83.8 Å². The Kier molecular flexibility index (Phi) is 10.3. The average molecular weight is 379 g/mol. The van der Waals surface area contributed by atoms with E-state index < -0.39 is 11.7 Å². The molecule has 152 valence electrons. The maximum absolute atomic E-state index is 12.2. The first-order chi connectivity index (χ1) is 12.8. The number of allylic oxidation sites excluding steroid dienone is 3. The Morgan fingerprint density at radius 1 is 1.30 bits per heavy atom. The van der Waals surface area contributed by atoms with E-state index in [4.69, 9.17) is 0 Å². The molecule has 0 aromatic rings. The minimum Gasteiger partial charge on any atom is -0.469 e. The Bertz CT molecular complexity index is 559. The van der Waals surface area contributed by atoms with Crippen LogP contribution in [-0.4, -0.2) is 40.8 Å². The first-order valence-electron chi connectivity index (χ1n) is 9.79. The average Bonchev–Trinajstić information content (AvgIpc) is 2.89. The number of ether oxygens (including phenoxy) is 1. The summed E-state index contributed by atoms with van der Waals surface area (Å²) in [6.07, 6.45) is 14.5. The van der Waals surface area contributed by atoms with Gasteiger partial charge in [0.15, 0.2) is 0 Å². The van der Waals surface area contributed by atoms with Gasteiger partial charge in [-0.2, -0.15) is 0 Å². The molecule has 27 heavy (non-hydrogen) atoms. The first kappa shape index (κ1) is 23.3. The maximum Gasteiger partial charge on any atom is 0.309 e. The van der Waals surface area contributed by atoms with Crippen LogP contribution in [0.1, 0.15) is 58.8 Å². The van der Waals surface area contributed by atoms with Gasteiger partial charge in [-0.1, -0.05) is 56.2 Å². The van der Waals surface area contributed by atoms with Gasteiger partial charge in [-0.15, -0.1) is 0 Å². The molecule has 0 heterocycles. The summed E-state index contributed by atoms with van der Waals surface area (Å²) >= 11 is 0. The van der Waals surface area contributed by atoms with E-state index in [0.29, 0.717) is 12.8 Å². The van der Waals surface area contributed by atoms with E-state index in [1.54, 1.807) is 18.2 Å². The van der Waals surface area contributed by atoms with E-state index >= 15 is 0 Å². The molecular formula is C22H34O5. The fourth-order valence-electron chi connectivity index (χ4n) is 3.30. The lowest BCUT2D eigenvalue weighted by Crippen LogP contribution is -2.23. The monoisotopic (exact) mass is 378 g/mol. The van der Waals surface area contributed by atoms with Crippen molar-refractivity contribution in [3.8, 4) is 0 Å². The summed E-state index contributed by atoms with van der Waals surface area (Å²) in [5.41, 5.74) is -0.750. The molecule has 1 aliphatic rings. The number of aliphatic hydroxyl groups excluding tert-OH is 1. The standard InChI is InChI=1S/C22H34O5/c1-4-5-14-22(2,26)15-10-12-18-17(19(23)16-20(18)24)11-8-6-7-9-13-21(25)27-3/h6-10,12,17-18,20,24,26H,4-5,11,13-16H2,1-3H3/b8-6-,9-7+,12-10+/t17-,18-,20-,22?/m1/s1. The van der Waals surface area contributed by atoms with E-state index in [9.17, 15) is 19.8 Å². The summed E-state index contributed by atoms with van der Waals surface area (Å²) in [5.74, 6) is -0.697. The zero-order chi connectivity index (χ0) is 20.3. The van der Waals surface area contributed by atoms with E-state index in [1.165, 1.54) is 7.11 Å². The fraction of sp³-hybridized carbons (Fsp3) is 0.636. The smallest absolute Gasteiger partial charge is 0.309 e. The minimum atomic E-state index is -0.750. The lowest BCUT2D eigenvalue weighted by molar-refractivity contribution is -0.139. The number of ketones is 1. The molecule has 1 saturated carbocycles. The molecule has 0 saturated heterocycles. The second kappa shape index (κ2) is 11.9. The van der Waals surface area contributed by atoms with Gasteiger partial charge in [-0.05, 0) is 26.2 Å². The number of carbonyl (C=O) groups is 2. The number of esters is 1. The van der Waals surface area contributed by atoms with Gasteiger partial charge in [-0.25, -0.2) is 0 Å². The molecule has 0 aliphatic heterocycles. The number of hydrogen-bond donors (Lipinski definition) is 2. The highest BCUT2D eigenvalue weighted by Crippen LogP contribution is 2.33. The van der Waals surface area contributed by atoms with Crippen molar-refractivity contribution in [3.63, 3.8) is 0 Å². The Morgan fingerprint density at radius 3 is 2.67 bits per heavy atom. The number of aliphatic hydroxyl groups is 2. The van der Waals surface area contributed by atoms with E-state index in [2.05, 4.69) is 11.7 Å². The van der Waals surface area contributed by atoms with Crippen LogP contribution < -0.4 is 0 Å². The number of carbonyl (C=O) groups excluding carboxylic acids is 2. The summed E-state index contributed by atoms with van der Waals surface area (Å²) in [6, 6.07) is 0. The Balaban J connectivity index is 2.58. The molecule has 2 N–H and O–H groups in total. The van der Waals surface area contributed by atoms with Crippen LogP contribution in [0.3, 0.4) is 0 Å². The van der Waals surface area contributed by atoms with Crippen LogP contribution in [0, 0.1) is 11.8 Å². The summed E-state index contributed by atoms with van der Waals surface area (Å²) in [5, 5.41) is 20.6. The largest absolute Gasteiger partial charge is 0.469 e. The van der Waals surface area contributed by atoms with Crippen molar-refractivity contribution in [1.82, 2.24) is 0 Å². The first-order valence-corrected chi connectivity index (χ1v) is 9.79. The maximum atomic E-state index is 12.2. The van der Waals surface area contributed by atoms with Crippen LogP contribution >= 0.6 is 0 Å². The number of Topliss-reactive ketones (excluding diaryl/α,β-unsaturated/α-hetero) is 1. The number of hydrogen-bond acceptors (Lipinski definition) is 5. The third-order valence-electron chi connectivity index (χ3n) is 5.00. The van der Waals surface area contributed by atoms with Gasteiger partial charge < -0.3 is 14.9 Å². The van der Waals surface area contributed by atoms with Crippen molar-refractivity contribution >= 4 is 11.8 Å². The summed E-state index contributed by atoms with van der Waals surface area (Å²) in [7, 11) is 1.35. The molecule has 0 aromatic carbocycles. The lowest BCUT2D eigenvalue weighted by atomic mass is 9.89. The highest BCUT2D eigenvalue weighted by molar-refractivity contribution is 5.84. The normalized spacial score (nSPS) is 25.7. The summed E-state index contributed by atoms with van der Waals surface area (Å²) < 4.78 is 4.55. The van der Waals surface area contributed by atoms with Gasteiger partial charge in [0.25, 0.3) is 0 Å². The molecule has 0 spiro atoms. The van der Waals surface area contributed by atoms with Crippen LogP contribution in [-0.2, 0) is 14.3 Å². The third kappa shape index (κ3) is 8.67. The van der Waals surface area contributed by atoms with Crippen LogP contribution in [0.2, 0.25) is 0 Å². The Hall–Kier alpha value is -1.72. The van der Waals surface area contributed by atoms with Gasteiger partial charge in [-0.3, -0.25) is 9.59 Å². The quantitative estimate of drug-likeness (QED) is 0.327. The van der Waals surface area contributed by atoms with E-state index in [1.807, 2.05) is 25.2 Å². The zero-order valence-electron chi connectivity index (χ0n) is 16.8. The zero-order valence-corrected chi connectivity index (χ0v) is 16.8. The number of methoxy groups -OCH3 is 1. The molecule has 5 heteroatoms. The fourth-order valence-corrected chi connectivity index (χ4v) is 3.30. The summed E-state index contributed by atoms with van der Waals surface area (Å²) in [6.45, 7) is 3.92. The third-order valence-corrected chi connectivity index (χ3v) is 5.00. The van der Waals surface area contributed by atoms with Crippen molar-refractivity contribution in [3.05, 3.63) is 36.5 Å². The van der Waals surface area contributed by atoms with Crippen LogP contribution in [0.5, 0.6) is 0 Å². The number of unbranched alkanes of at least 4 members (excludes halogenated alkanes) is 1.